The first-order chi connectivity index (χ1) is 13.9. The molecule has 8 heteroatoms. The highest BCUT2D eigenvalue weighted by Gasteiger charge is 2.34. The Bertz CT molecular complexity index is 1180. The Hall–Kier alpha value is -2.19. The summed E-state index contributed by atoms with van der Waals surface area (Å²) < 4.78 is 35.2. The van der Waals surface area contributed by atoms with Gasteiger partial charge >= 0.3 is 5.97 Å². The van der Waals surface area contributed by atoms with Crippen LogP contribution in [-0.4, -0.2) is 17.1 Å². The second-order valence-electron chi connectivity index (χ2n) is 6.63. The number of pyridine rings is 1. The van der Waals surface area contributed by atoms with E-state index in [9.17, 15) is 18.4 Å². The molecule has 1 aromatic heterocycles. The summed E-state index contributed by atoms with van der Waals surface area (Å²) in [6, 6.07) is 10.1. The first-order valence-electron chi connectivity index (χ1n) is 9.09. The minimum atomic E-state index is -1.15. The summed E-state index contributed by atoms with van der Waals surface area (Å²) >= 11 is 4.36. The van der Waals surface area contributed by atoms with E-state index in [1.807, 2.05) is 30.3 Å². The average molecular weight is 480 g/mol. The van der Waals surface area contributed by atoms with Gasteiger partial charge in [0.25, 0.3) is 0 Å². The predicted molar refractivity (Wildman–Crippen MR) is 111 cm³/mol. The van der Waals surface area contributed by atoms with Gasteiger partial charge in [-0.1, -0.05) is 30.0 Å². The fourth-order valence-electron chi connectivity index (χ4n) is 3.21. The van der Waals surface area contributed by atoms with Crippen molar-refractivity contribution in [3.8, 4) is 0 Å². The fourth-order valence-corrected chi connectivity index (χ4v) is 4.94. The van der Waals surface area contributed by atoms with E-state index in [1.54, 1.807) is 11.5 Å². The van der Waals surface area contributed by atoms with Crippen LogP contribution in [0.1, 0.15) is 36.2 Å². The Morgan fingerprint density at radius 3 is 2.59 bits per heavy atom. The molecule has 0 radical (unpaired) electrons. The lowest BCUT2D eigenvalue weighted by atomic mass is 10.1. The maximum atomic E-state index is 14.4. The van der Waals surface area contributed by atoms with E-state index in [1.165, 1.54) is 11.8 Å². The Balaban J connectivity index is 2.11. The summed E-state index contributed by atoms with van der Waals surface area (Å²) in [5.74, 6) is -2.99. The van der Waals surface area contributed by atoms with Gasteiger partial charge in [0.2, 0.25) is 5.43 Å². The summed E-state index contributed by atoms with van der Waals surface area (Å²) in [5.41, 5.74) is -0.575. The van der Waals surface area contributed by atoms with Crippen molar-refractivity contribution in [3.05, 3.63) is 68.3 Å². The van der Waals surface area contributed by atoms with E-state index < -0.39 is 23.0 Å². The third-order valence-electron chi connectivity index (χ3n) is 4.63. The van der Waals surface area contributed by atoms with Crippen molar-refractivity contribution in [2.24, 2.45) is 0 Å². The maximum absolute atomic E-state index is 14.4. The molecule has 0 aliphatic heterocycles. The molecule has 2 aromatic carbocycles. The molecule has 1 heterocycles. The van der Waals surface area contributed by atoms with Crippen LogP contribution >= 0.6 is 27.7 Å². The van der Waals surface area contributed by atoms with Crippen LogP contribution in [0.2, 0.25) is 0 Å². The van der Waals surface area contributed by atoms with E-state index in [0.29, 0.717) is 5.03 Å². The van der Waals surface area contributed by atoms with Gasteiger partial charge in [0, 0.05) is 10.9 Å². The Morgan fingerprint density at radius 2 is 1.97 bits per heavy atom. The van der Waals surface area contributed by atoms with Crippen molar-refractivity contribution in [2.75, 3.05) is 6.61 Å². The summed E-state index contributed by atoms with van der Waals surface area (Å²) in [5, 5.41) is 0.324. The predicted octanol–water partition coefficient (Wildman–Crippen LogP) is 5.71. The number of hydrogen-bond acceptors (Lipinski definition) is 4. The number of benzene rings is 2. The third-order valence-corrected chi connectivity index (χ3v) is 6.46. The molecular formula is C21H16BrF2NO3S. The molecule has 0 N–H and O–H groups in total. The number of halogens is 3. The number of carbonyl (C=O) groups is 1. The number of aromatic nitrogens is 1. The standard InChI is InChI=1S/C21H16BrF2NO3S/c1-2-28-21(27)15-19(26)13-10-14(23)17(24)16(22)18(13)25(11-8-9-11)20(15)29-12-6-4-3-5-7-12/h3-7,10-11H,2,8-9H2,1H3. The first kappa shape index (κ1) is 20.1. The van der Waals surface area contributed by atoms with Gasteiger partial charge in [-0.25, -0.2) is 13.6 Å². The van der Waals surface area contributed by atoms with Gasteiger partial charge in [-0.05, 0) is 53.9 Å². The second-order valence-corrected chi connectivity index (χ2v) is 8.48. The molecule has 1 fully saturated rings. The van der Waals surface area contributed by atoms with Gasteiger partial charge < -0.3 is 9.30 Å². The maximum Gasteiger partial charge on any atom is 0.344 e. The van der Waals surface area contributed by atoms with E-state index in [2.05, 4.69) is 15.9 Å². The molecule has 3 aromatic rings. The van der Waals surface area contributed by atoms with Crippen molar-refractivity contribution in [3.63, 3.8) is 0 Å². The lowest BCUT2D eigenvalue weighted by Crippen LogP contribution is -2.24. The van der Waals surface area contributed by atoms with Crippen molar-refractivity contribution >= 4 is 44.6 Å². The van der Waals surface area contributed by atoms with Gasteiger partial charge in [0.05, 0.1) is 27.0 Å². The molecule has 29 heavy (non-hydrogen) atoms. The van der Waals surface area contributed by atoms with E-state index in [0.717, 1.165) is 23.8 Å². The Labute approximate surface area is 178 Å². The molecule has 0 saturated heterocycles. The van der Waals surface area contributed by atoms with Crippen LogP contribution in [0.3, 0.4) is 0 Å². The summed E-state index contributed by atoms with van der Waals surface area (Å²) in [6.07, 6.45) is 1.63. The Kier molecular flexibility index (Phi) is 5.48. The van der Waals surface area contributed by atoms with Crippen molar-refractivity contribution in [2.45, 2.75) is 35.7 Å². The number of fused-ring (bicyclic) bond motifs is 1. The van der Waals surface area contributed by atoms with Crippen LogP contribution in [0.5, 0.6) is 0 Å². The molecule has 0 atom stereocenters. The van der Waals surface area contributed by atoms with Crippen LogP contribution in [0.15, 0.2) is 55.6 Å². The molecule has 1 aliphatic carbocycles. The zero-order valence-electron chi connectivity index (χ0n) is 15.4. The monoisotopic (exact) mass is 479 g/mol. The molecule has 0 bridgehead atoms. The second kappa shape index (κ2) is 7.91. The fraction of sp³-hybridized carbons (Fsp3) is 0.238. The third kappa shape index (κ3) is 3.59. The molecule has 0 amide bonds. The summed E-state index contributed by atoms with van der Waals surface area (Å²) in [4.78, 5) is 26.8. The van der Waals surface area contributed by atoms with Crippen molar-refractivity contribution in [1.29, 1.82) is 0 Å². The van der Waals surface area contributed by atoms with Crippen molar-refractivity contribution < 1.29 is 18.3 Å². The lowest BCUT2D eigenvalue weighted by Gasteiger charge is -2.20. The minimum absolute atomic E-state index is 0.0151. The lowest BCUT2D eigenvalue weighted by molar-refractivity contribution is 0.0519. The minimum Gasteiger partial charge on any atom is -0.462 e. The highest BCUT2D eigenvalue weighted by atomic mass is 79.9. The van der Waals surface area contributed by atoms with Crippen LogP contribution in [-0.2, 0) is 4.74 Å². The zero-order valence-corrected chi connectivity index (χ0v) is 17.8. The number of carbonyl (C=O) groups excluding carboxylic acids is 1. The van der Waals surface area contributed by atoms with Crippen LogP contribution in [0.25, 0.3) is 10.9 Å². The van der Waals surface area contributed by atoms with Crippen LogP contribution < -0.4 is 5.43 Å². The number of nitrogens with zero attached hydrogens (tertiary/aromatic N) is 1. The molecule has 0 spiro atoms. The van der Waals surface area contributed by atoms with Crippen LogP contribution in [0, 0.1) is 11.6 Å². The number of esters is 1. The topological polar surface area (TPSA) is 48.3 Å². The average Bonchev–Trinajstić information content (AvgIpc) is 3.53. The Morgan fingerprint density at radius 1 is 1.28 bits per heavy atom. The SMILES string of the molecule is CCOC(=O)c1c(Sc2ccccc2)n(C2CC2)c2c(Br)c(F)c(F)cc2c1=O. The number of ether oxygens (including phenoxy) is 1. The summed E-state index contributed by atoms with van der Waals surface area (Å²) in [7, 11) is 0. The molecule has 150 valence electrons. The molecule has 0 unspecified atom stereocenters. The number of hydrogen-bond donors (Lipinski definition) is 0. The summed E-state index contributed by atoms with van der Waals surface area (Å²) in [6.45, 7) is 1.74. The molecule has 1 saturated carbocycles. The molecular weight excluding hydrogens is 464 g/mol. The van der Waals surface area contributed by atoms with Crippen LogP contribution in [0.4, 0.5) is 8.78 Å². The molecule has 1 aliphatic rings. The van der Waals surface area contributed by atoms with Gasteiger partial charge in [-0.15, -0.1) is 0 Å². The zero-order chi connectivity index (χ0) is 20.7. The van der Waals surface area contributed by atoms with Gasteiger partial charge in [-0.3, -0.25) is 4.79 Å². The van der Waals surface area contributed by atoms with Crippen molar-refractivity contribution in [1.82, 2.24) is 4.57 Å². The van der Waals surface area contributed by atoms with E-state index >= 15 is 0 Å². The quantitative estimate of drug-likeness (QED) is 0.347. The normalized spacial score (nSPS) is 13.7. The molecule has 4 nitrogen and oxygen atoms in total. The highest BCUT2D eigenvalue weighted by molar-refractivity contribution is 9.10. The van der Waals surface area contributed by atoms with Gasteiger partial charge in [0.1, 0.15) is 5.56 Å². The van der Waals surface area contributed by atoms with E-state index in [-0.39, 0.29) is 33.6 Å². The van der Waals surface area contributed by atoms with E-state index in [4.69, 9.17) is 4.74 Å². The van der Waals surface area contributed by atoms with Gasteiger partial charge in [0.15, 0.2) is 11.6 Å². The number of rotatable bonds is 5. The largest absolute Gasteiger partial charge is 0.462 e. The highest BCUT2D eigenvalue weighted by Crippen LogP contribution is 2.45. The molecule has 4 rings (SSSR count). The van der Waals surface area contributed by atoms with Gasteiger partial charge in [-0.2, -0.15) is 0 Å². The smallest absolute Gasteiger partial charge is 0.344 e. The first-order valence-corrected chi connectivity index (χ1v) is 10.7.